The van der Waals surface area contributed by atoms with Crippen molar-refractivity contribution in [1.82, 2.24) is 16.2 Å². The fourth-order valence-electron chi connectivity index (χ4n) is 2.71. The van der Waals surface area contributed by atoms with Crippen LogP contribution in [0.25, 0.3) is 0 Å². The van der Waals surface area contributed by atoms with Gasteiger partial charge in [-0.25, -0.2) is 10.2 Å². The molecular weight excluding hydrogens is 402 g/mol. The molecule has 0 aromatic heterocycles. The number of nitrogens with one attached hydrogen (secondary N) is 3. The molecule has 0 saturated carbocycles. The van der Waals surface area contributed by atoms with Crippen LogP contribution in [0.1, 0.15) is 45.8 Å². The number of benzene rings is 1. The van der Waals surface area contributed by atoms with E-state index in [4.69, 9.17) is 21.1 Å². The number of alkyl carbamates (subject to hydrolysis) is 1. The molecule has 0 fully saturated rings. The van der Waals surface area contributed by atoms with E-state index in [1.165, 1.54) is 0 Å². The number of hydrogen-bond acceptors (Lipinski definition) is 5. The average Bonchev–Trinajstić information content (AvgIpc) is 2.70. The molecule has 3 N–H and O–H groups in total. The van der Waals surface area contributed by atoms with Crippen molar-refractivity contribution in [3.8, 4) is 0 Å². The molecule has 1 amide bonds. The molecule has 0 bridgehead atoms. The van der Waals surface area contributed by atoms with Crippen molar-refractivity contribution in [2.45, 2.75) is 40.2 Å². The van der Waals surface area contributed by atoms with Gasteiger partial charge < -0.3 is 14.9 Å². The van der Waals surface area contributed by atoms with Crippen LogP contribution in [0.4, 0.5) is 4.79 Å². The summed E-state index contributed by atoms with van der Waals surface area (Å²) in [4.78, 5) is 12.5. The number of carbonyl (C=O) groups is 1. The monoisotopic (exact) mass is 433 g/mol. The van der Waals surface area contributed by atoms with Gasteiger partial charge in [-0.3, -0.25) is 5.32 Å². The van der Waals surface area contributed by atoms with Crippen molar-refractivity contribution in [1.29, 1.82) is 0 Å². The lowest BCUT2D eigenvalue weighted by Gasteiger charge is -2.19. The lowest BCUT2D eigenvalue weighted by Crippen LogP contribution is -2.33. The van der Waals surface area contributed by atoms with E-state index in [9.17, 15) is 4.79 Å². The number of allylic oxidation sites excluding steroid dienone is 5. The Kier molecular flexibility index (Phi) is 10.8. The van der Waals surface area contributed by atoms with Crippen molar-refractivity contribution in [3.05, 3.63) is 81.9 Å². The second kappa shape index (κ2) is 12.8. The lowest BCUT2D eigenvalue weighted by molar-refractivity contribution is 0.109. The highest BCUT2D eigenvalue weighted by Crippen LogP contribution is 2.25. The van der Waals surface area contributed by atoms with Crippen LogP contribution in [0.5, 0.6) is 0 Å². The molecule has 164 valence electrons. The Morgan fingerprint density at radius 3 is 2.47 bits per heavy atom. The Hall–Kier alpha value is -2.70. The second-order valence-electron chi connectivity index (χ2n) is 6.64. The van der Waals surface area contributed by atoms with E-state index in [2.05, 4.69) is 22.7 Å². The zero-order valence-electron chi connectivity index (χ0n) is 18.6. The Morgan fingerprint density at radius 2 is 1.93 bits per heavy atom. The molecule has 0 saturated heterocycles. The Bertz CT molecular complexity index is 844. The van der Waals surface area contributed by atoms with Crippen LogP contribution >= 0.6 is 11.6 Å². The highest BCUT2D eigenvalue weighted by atomic mass is 35.5. The van der Waals surface area contributed by atoms with Gasteiger partial charge in [0.15, 0.2) is 0 Å². The van der Waals surface area contributed by atoms with Crippen molar-refractivity contribution >= 4 is 17.7 Å². The SMILES string of the molecule is C=C(C)\C(=C/C=C(C)/C(NNC)=C(/CC)NC(=O)OC(C)c1ccccc1Cl)OC. The summed E-state index contributed by atoms with van der Waals surface area (Å²) in [6.07, 6.45) is 3.25. The van der Waals surface area contributed by atoms with Gasteiger partial charge in [0.1, 0.15) is 11.9 Å². The summed E-state index contributed by atoms with van der Waals surface area (Å²) in [5, 5.41) is 3.39. The van der Waals surface area contributed by atoms with Gasteiger partial charge in [-0.05, 0) is 50.5 Å². The summed E-state index contributed by atoms with van der Waals surface area (Å²) in [5.41, 5.74) is 9.85. The number of hydrazine groups is 1. The van der Waals surface area contributed by atoms with Gasteiger partial charge in [0.05, 0.1) is 12.8 Å². The predicted octanol–water partition coefficient (Wildman–Crippen LogP) is 5.53. The van der Waals surface area contributed by atoms with E-state index in [1.54, 1.807) is 27.1 Å². The average molecular weight is 434 g/mol. The summed E-state index contributed by atoms with van der Waals surface area (Å²) < 4.78 is 10.8. The van der Waals surface area contributed by atoms with Gasteiger partial charge in [0.2, 0.25) is 0 Å². The fraction of sp³-hybridized carbons (Fsp3) is 0.348. The zero-order chi connectivity index (χ0) is 22.7. The molecule has 1 unspecified atom stereocenters. The standard InChI is InChI=1S/C23H32ClN3O3/c1-8-20(22(27-25-6)16(4)13-14-21(29-7)15(2)3)26-23(28)30-17(5)18-11-9-10-12-19(18)24/h9-14,17,25,27H,2,8H2,1,3-7H3,(H,26,28)/b16-13+,21-14+,22-20+. The number of hydrogen-bond donors (Lipinski definition) is 3. The number of amides is 1. The van der Waals surface area contributed by atoms with Crippen molar-refractivity contribution < 1.29 is 14.3 Å². The summed E-state index contributed by atoms with van der Waals surface area (Å²) in [6, 6.07) is 7.28. The Labute approximate surface area is 184 Å². The molecule has 30 heavy (non-hydrogen) atoms. The molecule has 0 aliphatic carbocycles. The summed E-state index contributed by atoms with van der Waals surface area (Å²) in [6.45, 7) is 11.4. The first kappa shape index (κ1) is 25.3. The van der Waals surface area contributed by atoms with Crippen LogP contribution in [0, 0.1) is 0 Å². The third kappa shape index (κ3) is 7.61. The molecular formula is C23H32ClN3O3. The van der Waals surface area contributed by atoms with Crippen LogP contribution in [0.15, 0.2) is 71.3 Å². The van der Waals surface area contributed by atoms with Crippen LogP contribution in [0.3, 0.4) is 0 Å². The maximum absolute atomic E-state index is 12.5. The number of halogens is 1. The summed E-state index contributed by atoms with van der Waals surface area (Å²) in [5.74, 6) is 0.678. The van der Waals surface area contributed by atoms with Crippen molar-refractivity contribution in [2.24, 2.45) is 0 Å². The number of ether oxygens (including phenoxy) is 2. The summed E-state index contributed by atoms with van der Waals surface area (Å²) in [7, 11) is 3.35. The molecule has 0 radical (unpaired) electrons. The smallest absolute Gasteiger partial charge is 0.412 e. The topological polar surface area (TPSA) is 71.6 Å². The zero-order valence-corrected chi connectivity index (χ0v) is 19.3. The predicted molar refractivity (Wildman–Crippen MR) is 123 cm³/mol. The molecule has 6 nitrogen and oxygen atoms in total. The second-order valence-corrected chi connectivity index (χ2v) is 7.05. The van der Waals surface area contributed by atoms with E-state index >= 15 is 0 Å². The van der Waals surface area contributed by atoms with Crippen LogP contribution in [-0.2, 0) is 9.47 Å². The molecule has 1 atom stereocenters. The van der Waals surface area contributed by atoms with Gasteiger partial charge in [0, 0.05) is 23.3 Å². The van der Waals surface area contributed by atoms with Crippen LogP contribution < -0.4 is 16.2 Å². The van der Waals surface area contributed by atoms with Gasteiger partial charge in [-0.15, -0.1) is 0 Å². The van der Waals surface area contributed by atoms with E-state index < -0.39 is 12.2 Å². The summed E-state index contributed by atoms with van der Waals surface area (Å²) >= 11 is 6.19. The molecule has 0 aliphatic rings. The molecule has 7 heteroatoms. The minimum atomic E-state index is -0.558. The minimum absolute atomic E-state index is 0.489. The maximum Gasteiger partial charge on any atom is 0.412 e. The highest BCUT2D eigenvalue weighted by molar-refractivity contribution is 6.31. The first-order valence-electron chi connectivity index (χ1n) is 9.71. The van der Waals surface area contributed by atoms with Crippen LogP contribution in [-0.4, -0.2) is 20.3 Å². The molecule has 1 rings (SSSR count). The minimum Gasteiger partial charge on any atom is -0.497 e. The van der Waals surface area contributed by atoms with Gasteiger partial charge in [0.25, 0.3) is 0 Å². The molecule has 0 aliphatic heterocycles. The highest BCUT2D eigenvalue weighted by Gasteiger charge is 2.16. The maximum atomic E-state index is 12.5. The Balaban J connectivity index is 3.08. The largest absolute Gasteiger partial charge is 0.497 e. The number of rotatable bonds is 10. The Morgan fingerprint density at radius 1 is 1.27 bits per heavy atom. The molecule has 1 aromatic rings. The van der Waals surface area contributed by atoms with E-state index in [-0.39, 0.29) is 0 Å². The van der Waals surface area contributed by atoms with E-state index in [0.717, 1.165) is 22.4 Å². The fourth-order valence-corrected chi connectivity index (χ4v) is 3.00. The van der Waals surface area contributed by atoms with Gasteiger partial charge >= 0.3 is 6.09 Å². The van der Waals surface area contributed by atoms with Crippen molar-refractivity contribution in [3.63, 3.8) is 0 Å². The number of methoxy groups -OCH3 is 1. The third-order valence-electron chi connectivity index (χ3n) is 4.30. The molecule has 0 spiro atoms. The quantitative estimate of drug-likeness (QED) is 0.257. The third-order valence-corrected chi connectivity index (χ3v) is 4.65. The van der Waals surface area contributed by atoms with Gasteiger partial charge in [-0.2, -0.15) is 0 Å². The molecule has 1 aromatic carbocycles. The first-order chi connectivity index (χ1) is 14.2. The molecule has 0 heterocycles. The lowest BCUT2D eigenvalue weighted by atomic mass is 10.1. The normalized spacial score (nSPS) is 13.8. The van der Waals surface area contributed by atoms with E-state index in [1.807, 2.05) is 51.1 Å². The van der Waals surface area contributed by atoms with Crippen molar-refractivity contribution in [2.75, 3.05) is 14.2 Å². The van der Waals surface area contributed by atoms with Crippen LogP contribution in [0.2, 0.25) is 5.02 Å². The first-order valence-corrected chi connectivity index (χ1v) is 10.1. The van der Waals surface area contributed by atoms with Gasteiger partial charge in [-0.1, -0.05) is 49.4 Å². The van der Waals surface area contributed by atoms with E-state index in [0.29, 0.717) is 22.9 Å². The number of carbonyl (C=O) groups excluding carboxylic acids is 1.